The lowest BCUT2D eigenvalue weighted by atomic mass is 10.1. The molecule has 0 aliphatic heterocycles. The summed E-state index contributed by atoms with van der Waals surface area (Å²) in [6.45, 7) is 1.90. The lowest BCUT2D eigenvalue weighted by Crippen LogP contribution is -2.14. The molecule has 0 aliphatic rings. The molecule has 0 atom stereocenters. The summed E-state index contributed by atoms with van der Waals surface area (Å²) in [5.41, 5.74) is 2.65. The number of hydrogen-bond acceptors (Lipinski definition) is 3. The average Bonchev–Trinajstić information content (AvgIpc) is 2.50. The Hall–Kier alpha value is -1.91. The Morgan fingerprint density at radius 3 is 2.68 bits per heavy atom. The highest BCUT2D eigenvalue weighted by Gasteiger charge is 2.09. The van der Waals surface area contributed by atoms with Crippen LogP contribution in [0.3, 0.4) is 0 Å². The van der Waals surface area contributed by atoms with Crippen LogP contribution < -0.4 is 5.32 Å². The molecule has 1 aromatic carbocycles. The van der Waals surface area contributed by atoms with Crippen molar-refractivity contribution in [2.45, 2.75) is 19.8 Å². The Morgan fingerprint density at radius 1 is 1.23 bits per heavy atom. The highest BCUT2D eigenvalue weighted by molar-refractivity contribution is 6.42. The first-order valence-corrected chi connectivity index (χ1v) is 7.46. The summed E-state index contributed by atoms with van der Waals surface area (Å²) < 4.78 is 0. The minimum Gasteiger partial charge on any atom is -0.325 e. The number of carbonyl (C=O) groups excluding carboxylic acids is 1. The number of aromatic nitrogens is 1. The molecular weight excluding hydrogens is 321 g/mol. The third kappa shape index (κ3) is 4.29. The van der Waals surface area contributed by atoms with Crippen molar-refractivity contribution >= 4 is 40.5 Å². The van der Waals surface area contributed by atoms with Gasteiger partial charge in [-0.1, -0.05) is 29.3 Å². The second-order valence-corrected chi connectivity index (χ2v) is 5.66. The molecular formula is C16H15Cl2N3O. The average molecular weight is 336 g/mol. The van der Waals surface area contributed by atoms with Crippen molar-refractivity contribution < 1.29 is 4.79 Å². The molecule has 2 N–H and O–H groups in total. The monoisotopic (exact) mass is 335 g/mol. The number of anilines is 1. The number of hydrogen-bond donors (Lipinski definition) is 2. The molecule has 0 saturated heterocycles. The molecule has 0 bridgehead atoms. The summed E-state index contributed by atoms with van der Waals surface area (Å²) in [4.78, 5) is 15.9. The first-order valence-electron chi connectivity index (χ1n) is 6.70. The van der Waals surface area contributed by atoms with Gasteiger partial charge < -0.3 is 10.7 Å². The number of amides is 1. The number of carbonyl (C=O) groups is 1. The number of halogens is 2. The fourth-order valence-corrected chi connectivity index (χ4v) is 2.17. The minimum absolute atomic E-state index is 0.152. The Balaban J connectivity index is 1.92. The normalized spacial score (nSPS) is 10.3. The first-order chi connectivity index (χ1) is 10.5. The number of rotatable bonds is 5. The molecule has 4 nitrogen and oxygen atoms in total. The Labute approximate surface area is 139 Å². The van der Waals surface area contributed by atoms with Crippen molar-refractivity contribution in [1.82, 2.24) is 4.98 Å². The summed E-state index contributed by atoms with van der Waals surface area (Å²) in [6.07, 6.45) is 3.82. The van der Waals surface area contributed by atoms with Crippen LogP contribution in [0.1, 0.15) is 24.0 Å². The summed E-state index contributed by atoms with van der Waals surface area (Å²) in [6, 6.07) is 6.83. The molecule has 0 spiro atoms. The van der Waals surface area contributed by atoms with Crippen LogP contribution in [-0.4, -0.2) is 16.6 Å². The van der Waals surface area contributed by atoms with E-state index in [2.05, 4.69) is 10.3 Å². The van der Waals surface area contributed by atoms with Crippen molar-refractivity contribution in [3.63, 3.8) is 0 Å². The van der Waals surface area contributed by atoms with Gasteiger partial charge in [0.25, 0.3) is 0 Å². The summed E-state index contributed by atoms with van der Waals surface area (Å²) >= 11 is 11.8. The molecule has 22 heavy (non-hydrogen) atoms. The fourth-order valence-electron chi connectivity index (χ4n) is 1.87. The van der Waals surface area contributed by atoms with Gasteiger partial charge in [-0.2, -0.15) is 0 Å². The van der Waals surface area contributed by atoms with Crippen LogP contribution >= 0.6 is 23.2 Å². The van der Waals surface area contributed by atoms with E-state index in [0.29, 0.717) is 33.4 Å². The number of aryl methyl sites for hydroxylation is 1. The van der Waals surface area contributed by atoms with Crippen molar-refractivity contribution in [3.05, 3.63) is 57.8 Å². The van der Waals surface area contributed by atoms with Gasteiger partial charge in [-0.3, -0.25) is 9.78 Å². The third-order valence-electron chi connectivity index (χ3n) is 3.18. The fraction of sp³-hybridized carbons (Fsp3) is 0.188. The van der Waals surface area contributed by atoms with Crippen molar-refractivity contribution in [2.75, 3.05) is 5.32 Å². The summed E-state index contributed by atoms with van der Waals surface area (Å²) in [7, 11) is 0. The predicted octanol–water partition coefficient (Wildman–Crippen LogP) is 4.48. The smallest absolute Gasteiger partial charge is 0.224 e. The standard InChI is InChI=1S/C16H15Cl2N3O/c1-10-6-7-20-9-15(10)21-16(22)5-4-14(19)11-2-3-12(17)13(18)8-11/h2-3,6-9,19H,4-5H2,1H3,(H,21,22). The number of benzene rings is 1. The van der Waals surface area contributed by atoms with Crippen LogP contribution in [-0.2, 0) is 4.79 Å². The number of nitrogens with zero attached hydrogens (tertiary/aromatic N) is 1. The molecule has 0 aliphatic carbocycles. The molecule has 6 heteroatoms. The van der Waals surface area contributed by atoms with Gasteiger partial charge in [0.15, 0.2) is 0 Å². The second kappa shape index (κ2) is 7.38. The molecule has 1 amide bonds. The Bertz CT molecular complexity index is 716. The van der Waals surface area contributed by atoms with Gasteiger partial charge in [0.1, 0.15) is 0 Å². The van der Waals surface area contributed by atoms with Gasteiger partial charge in [0.05, 0.1) is 21.9 Å². The van der Waals surface area contributed by atoms with E-state index in [1.54, 1.807) is 30.6 Å². The second-order valence-electron chi connectivity index (χ2n) is 4.85. The molecule has 0 unspecified atom stereocenters. The quantitative estimate of drug-likeness (QED) is 0.791. The highest BCUT2D eigenvalue weighted by atomic mass is 35.5. The maximum Gasteiger partial charge on any atom is 0.224 e. The van der Waals surface area contributed by atoms with Gasteiger partial charge in [-0.05, 0) is 42.7 Å². The van der Waals surface area contributed by atoms with Gasteiger partial charge in [-0.15, -0.1) is 0 Å². The van der Waals surface area contributed by atoms with E-state index >= 15 is 0 Å². The maximum atomic E-state index is 11.9. The van der Waals surface area contributed by atoms with Gasteiger partial charge >= 0.3 is 0 Å². The van der Waals surface area contributed by atoms with Crippen molar-refractivity contribution in [3.8, 4) is 0 Å². The van der Waals surface area contributed by atoms with E-state index in [9.17, 15) is 4.79 Å². The van der Waals surface area contributed by atoms with Gasteiger partial charge in [-0.25, -0.2) is 0 Å². The van der Waals surface area contributed by atoms with E-state index in [0.717, 1.165) is 5.56 Å². The SMILES string of the molecule is Cc1ccncc1NC(=O)CCC(=N)c1ccc(Cl)c(Cl)c1. The topological polar surface area (TPSA) is 65.8 Å². The highest BCUT2D eigenvalue weighted by Crippen LogP contribution is 2.23. The summed E-state index contributed by atoms with van der Waals surface area (Å²) in [5.74, 6) is -0.152. The van der Waals surface area contributed by atoms with E-state index < -0.39 is 0 Å². The van der Waals surface area contributed by atoms with Crippen LogP contribution in [0.4, 0.5) is 5.69 Å². The number of pyridine rings is 1. The van der Waals surface area contributed by atoms with Crippen molar-refractivity contribution in [1.29, 1.82) is 5.41 Å². The van der Waals surface area contributed by atoms with Crippen LogP contribution in [0.5, 0.6) is 0 Å². The molecule has 1 heterocycles. The minimum atomic E-state index is -0.152. The Kier molecular flexibility index (Phi) is 5.52. The lowest BCUT2D eigenvalue weighted by Gasteiger charge is -2.08. The molecule has 2 rings (SSSR count). The third-order valence-corrected chi connectivity index (χ3v) is 3.92. The van der Waals surface area contributed by atoms with Gasteiger partial charge in [0.2, 0.25) is 5.91 Å². The van der Waals surface area contributed by atoms with E-state index in [-0.39, 0.29) is 12.3 Å². The molecule has 2 aromatic rings. The zero-order chi connectivity index (χ0) is 16.1. The molecule has 1 aromatic heterocycles. The molecule has 0 saturated carbocycles. The van der Waals surface area contributed by atoms with Crippen LogP contribution in [0.15, 0.2) is 36.7 Å². The van der Waals surface area contributed by atoms with E-state index in [1.165, 1.54) is 0 Å². The van der Waals surface area contributed by atoms with Crippen molar-refractivity contribution in [2.24, 2.45) is 0 Å². The van der Waals surface area contributed by atoms with E-state index in [4.69, 9.17) is 28.6 Å². The van der Waals surface area contributed by atoms with E-state index in [1.807, 2.05) is 13.0 Å². The van der Waals surface area contributed by atoms with Crippen LogP contribution in [0.2, 0.25) is 10.0 Å². The molecule has 0 fully saturated rings. The summed E-state index contributed by atoms with van der Waals surface area (Å²) in [5, 5.41) is 11.7. The zero-order valence-corrected chi connectivity index (χ0v) is 13.5. The first kappa shape index (κ1) is 16.5. The predicted molar refractivity (Wildman–Crippen MR) is 90.1 cm³/mol. The van der Waals surface area contributed by atoms with Crippen LogP contribution in [0, 0.1) is 12.3 Å². The maximum absolute atomic E-state index is 11.9. The van der Waals surface area contributed by atoms with Crippen LogP contribution in [0.25, 0.3) is 0 Å². The largest absolute Gasteiger partial charge is 0.325 e. The number of nitrogens with one attached hydrogen (secondary N) is 2. The molecule has 114 valence electrons. The lowest BCUT2D eigenvalue weighted by molar-refractivity contribution is -0.116. The zero-order valence-electron chi connectivity index (χ0n) is 12.0. The molecule has 0 radical (unpaired) electrons. The van der Waals surface area contributed by atoms with Gasteiger partial charge in [0, 0.05) is 18.3 Å². The Morgan fingerprint density at radius 2 is 2.00 bits per heavy atom.